The Bertz CT molecular complexity index is 393. The molecule has 7 heteroatoms. The molecule has 1 aromatic rings. The van der Waals surface area contributed by atoms with Gasteiger partial charge in [-0.2, -0.15) is 5.10 Å². The SMILES string of the molecule is O=C(ONCc1ccc(Cl)nn1)N1CCCCC1. The van der Waals surface area contributed by atoms with Gasteiger partial charge in [-0.1, -0.05) is 11.6 Å². The van der Waals surface area contributed by atoms with Crippen LogP contribution >= 0.6 is 11.6 Å². The van der Waals surface area contributed by atoms with Crippen LogP contribution < -0.4 is 5.48 Å². The largest absolute Gasteiger partial charge is 0.428 e. The summed E-state index contributed by atoms with van der Waals surface area (Å²) in [6.45, 7) is 1.84. The van der Waals surface area contributed by atoms with E-state index >= 15 is 0 Å². The van der Waals surface area contributed by atoms with Crippen molar-refractivity contribution in [3.05, 3.63) is 23.0 Å². The van der Waals surface area contributed by atoms with Gasteiger partial charge in [0.25, 0.3) is 0 Å². The summed E-state index contributed by atoms with van der Waals surface area (Å²) < 4.78 is 0. The number of carbonyl (C=O) groups excluding carboxylic acids is 1. The fraction of sp³-hybridized carbons (Fsp3) is 0.545. The maximum atomic E-state index is 11.6. The normalized spacial score (nSPS) is 15.5. The Hall–Kier alpha value is -1.40. The summed E-state index contributed by atoms with van der Waals surface area (Å²) in [5.74, 6) is 0. The molecule has 6 nitrogen and oxygen atoms in total. The van der Waals surface area contributed by atoms with E-state index in [1.807, 2.05) is 0 Å². The molecule has 0 spiro atoms. The van der Waals surface area contributed by atoms with E-state index in [4.69, 9.17) is 16.4 Å². The number of rotatable bonds is 3. The van der Waals surface area contributed by atoms with Gasteiger partial charge in [-0.15, -0.1) is 10.6 Å². The molecule has 1 aromatic heterocycles. The lowest BCUT2D eigenvalue weighted by Crippen LogP contribution is -2.38. The number of likely N-dealkylation sites (tertiary alicyclic amines) is 1. The number of carbonyl (C=O) groups is 1. The zero-order valence-electron chi connectivity index (χ0n) is 9.93. The van der Waals surface area contributed by atoms with Crippen molar-refractivity contribution in [2.24, 2.45) is 0 Å². The van der Waals surface area contributed by atoms with Crippen molar-refractivity contribution >= 4 is 17.7 Å². The molecule has 1 amide bonds. The first-order chi connectivity index (χ1) is 8.75. The molecule has 2 rings (SSSR count). The van der Waals surface area contributed by atoms with Gasteiger partial charge in [-0.3, -0.25) is 0 Å². The quantitative estimate of drug-likeness (QED) is 0.848. The lowest BCUT2D eigenvalue weighted by Gasteiger charge is -2.25. The molecule has 18 heavy (non-hydrogen) atoms. The van der Waals surface area contributed by atoms with E-state index in [0.717, 1.165) is 25.9 Å². The van der Waals surface area contributed by atoms with Crippen molar-refractivity contribution in [2.75, 3.05) is 13.1 Å². The van der Waals surface area contributed by atoms with Crippen LogP contribution in [0, 0.1) is 0 Å². The highest BCUT2D eigenvalue weighted by atomic mass is 35.5. The van der Waals surface area contributed by atoms with Gasteiger partial charge in [0.05, 0.1) is 12.2 Å². The van der Waals surface area contributed by atoms with Crippen LogP contribution in [0.25, 0.3) is 0 Å². The first-order valence-electron chi connectivity index (χ1n) is 5.92. The number of hydroxylamine groups is 1. The van der Waals surface area contributed by atoms with Crippen molar-refractivity contribution in [1.82, 2.24) is 20.6 Å². The standard InChI is InChI=1S/C11H15ClN4O2/c12-10-5-4-9(14-15-10)8-13-18-11(17)16-6-2-1-3-7-16/h4-5,13H,1-3,6-8H2. The molecule has 0 bridgehead atoms. The minimum Gasteiger partial charge on any atom is -0.353 e. The van der Waals surface area contributed by atoms with Crippen LogP contribution in [0.3, 0.4) is 0 Å². The van der Waals surface area contributed by atoms with Crippen molar-refractivity contribution in [3.8, 4) is 0 Å². The molecule has 1 N–H and O–H groups in total. The zero-order chi connectivity index (χ0) is 12.8. The van der Waals surface area contributed by atoms with E-state index in [1.54, 1.807) is 17.0 Å². The molecular formula is C11H15ClN4O2. The Morgan fingerprint density at radius 3 is 2.78 bits per heavy atom. The van der Waals surface area contributed by atoms with Gasteiger partial charge in [0.1, 0.15) is 0 Å². The van der Waals surface area contributed by atoms with Gasteiger partial charge in [-0.05, 0) is 31.4 Å². The van der Waals surface area contributed by atoms with E-state index in [-0.39, 0.29) is 6.09 Å². The molecule has 98 valence electrons. The van der Waals surface area contributed by atoms with Gasteiger partial charge in [0, 0.05) is 13.1 Å². The van der Waals surface area contributed by atoms with Crippen LogP contribution in [-0.2, 0) is 11.4 Å². The number of halogens is 1. The minimum atomic E-state index is -0.336. The van der Waals surface area contributed by atoms with Crippen LogP contribution in [0.1, 0.15) is 25.0 Å². The van der Waals surface area contributed by atoms with E-state index in [1.165, 1.54) is 6.42 Å². The predicted molar refractivity (Wildman–Crippen MR) is 65.8 cm³/mol. The number of aromatic nitrogens is 2. The molecule has 0 aliphatic carbocycles. The molecule has 0 unspecified atom stereocenters. The number of amides is 1. The van der Waals surface area contributed by atoms with E-state index in [2.05, 4.69) is 15.7 Å². The second-order valence-electron chi connectivity index (χ2n) is 4.08. The molecule has 1 saturated heterocycles. The molecule has 1 aliphatic heterocycles. The van der Waals surface area contributed by atoms with Gasteiger partial charge in [-0.25, -0.2) is 4.79 Å². The highest BCUT2D eigenvalue weighted by Crippen LogP contribution is 2.09. The number of hydrogen-bond acceptors (Lipinski definition) is 5. The number of nitrogens with zero attached hydrogens (tertiary/aromatic N) is 3. The number of hydrogen-bond donors (Lipinski definition) is 1. The van der Waals surface area contributed by atoms with Gasteiger partial charge < -0.3 is 9.74 Å². The molecule has 2 heterocycles. The predicted octanol–water partition coefficient (Wildman–Crippen LogP) is 1.76. The Kier molecular flexibility index (Phi) is 4.72. The fourth-order valence-corrected chi connectivity index (χ4v) is 1.85. The first kappa shape index (κ1) is 13.0. The van der Waals surface area contributed by atoms with Gasteiger partial charge in [0.2, 0.25) is 0 Å². The lowest BCUT2D eigenvalue weighted by atomic mass is 10.1. The Morgan fingerprint density at radius 2 is 2.11 bits per heavy atom. The summed E-state index contributed by atoms with van der Waals surface area (Å²) in [6.07, 6.45) is 2.92. The third-order valence-corrected chi connectivity index (χ3v) is 2.92. The highest BCUT2D eigenvalue weighted by Gasteiger charge is 2.17. The molecule has 0 radical (unpaired) electrons. The fourth-order valence-electron chi connectivity index (χ4n) is 1.75. The summed E-state index contributed by atoms with van der Waals surface area (Å²) in [5.41, 5.74) is 3.24. The summed E-state index contributed by atoms with van der Waals surface area (Å²) >= 11 is 5.61. The van der Waals surface area contributed by atoms with Crippen LogP contribution in [-0.4, -0.2) is 34.3 Å². The molecule has 1 fully saturated rings. The molecule has 1 aliphatic rings. The van der Waals surface area contributed by atoms with Crippen LogP contribution in [0.4, 0.5) is 4.79 Å². The lowest BCUT2D eigenvalue weighted by molar-refractivity contribution is 0.0472. The van der Waals surface area contributed by atoms with E-state index < -0.39 is 0 Å². The van der Waals surface area contributed by atoms with Crippen molar-refractivity contribution in [3.63, 3.8) is 0 Å². The topological polar surface area (TPSA) is 67.3 Å². The average molecular weight is 271 g/mol. The zero-order valence-corrected chi connectivity index (χ0v) is 10.7. The molecule has 0 aromatic carbocycles. The number of nitrogens with one attached hydrogen (secondary N) is 1. The Labute approximate surface area is 110 Å². The van der Waals surface area contributed by atoms with E-state index in [9.17, 15) is 4.79 Å². The highest BCUT2D eigenvalue weighted by molar-refractivity contribution is 6.29. The van der Waals surface area contributed by atoms with Crippen LogP contribution in [0.5, 0.6) is 0 Å². The van der Waals surface area contributed by atoms with E-state index in [0.29, 0.717) is 17.4 Å². The summed E-state index contributed by atoms with van der Waals surface area (Å²) in [4.78, 5) is 18.3. The third kappa shape index (κ3) is 3.82. The monoisotopic (exact) mass is 270 g/mol. The molecular weight excluding hydrogens is 256 g/mol. The maximum Gasteiger partial charge on any atom is 0.428 e. The Balaban J connectivity index is 1.71. The van der Waals surface area contributed by atoms with Gasteiger partial charge >= 0.3 is 6.09 Å². The smallest absolute Gasteiger partial charge is 0.353 e. The van der Waals surface area contributed by atoms with Crippen molar-refractivity contribution in [1.29, 1.82) is 0 Å². The minimum absolute atomic E-state index is 0.309. The second-order valence-corrected chi connectivity index (χ2v) is 4.47. The van der Waals surface area contributed by atoms with Crippen LogP contribution in [0.2, 0.25) is 5.15 Å². The van der Waals surface area contributed by atoms with Crippen LogP contribution in [0.15, 0.2) is 12.1 Å². The average Bonchev–Trinajstić information content (AvgIpc) is 2.42. The first-order valence-corrected chi connectivity index (χ1v) is 6.30. The van der Waals surface area contributed by atoms with Gasteiger partial charge in [0.15, 0.2) is 5.15 Å². The summed E-state index contributed by atoms with van der Waals surface area (Å²) in [6, 6.07) is 3.36. The Morgan fingerprint density at radius 1 is 1.33 bits per heavy atom. The maximum absolute atomic E-state index is 11.6. The molecule has 0 atom stereocenters. The summed E-state index contributed by atoms with van der Waals surface area (Å²) in [7, 11) is 0. The van der Waals surface area contributed by atoms with Crippen molar-refractivity contribution < 1.29 is 9.63 Å². The second kappa shape index (κ2) is 6.51. The summed E-state index contributed by atoms with van der Waals surface area (Å²) in [5, 5.41) is 7.87. The third-order valence-electron chi connectivity index (χ3n) is 2.71. The number of piperidine rings is 1. The molecule has 0 saturated carbocycles. The van der Waals surface area contributed by atoms with Crippen molar-refractivity contribution in [2.45, 2.75) is 25.8 Å².